The van der Waals surface area contributed by atoms with E-state index in [0.29, 0.717) is 30.0 Å². The molecule has 0 bridgehead atoms. The summed E-state index contributed by atoms with van der Waals surface area (Å²) in [5.74, 6) is 0.204. The second kappa shape index (κ2) is 8.10. The number of carbonyl (C=O) groups excluding carboxylic acids is 1. The van der Waals surface area contributed by atoms with Crippen LogP contribution >= 0.6 is 0 Å². The number of fused-ring (bicyclic) bond motifs is 2. The molecule has 1 saturated heterocycles. The second-order valence-electron chi connectivity index (χ2n) is 9.76. The van der Waals surface area contributed by atoms with Crippen molar-refractivity contribution in [2.45, 2.75) is 38.0 Å². The van der Waals surface area contributed by atoms with Crippen molar-refractivity contribution in [1.29, 1.82) is 0 Å². The third-order valence-electron chi connectivity index (χ3n) is 7.29. The van der Waals surface area contributed by atoms with Gasteiger partial charge in [-0.25, -0.2) is 9.37 Å². The van der Waals surface area contributed by atoms with Crippen LogP contribution in [-0.4, -0.2) is 53.3 Å². The Hall–Kier alpha value is -2.99. The van der Waals surface area contributed by atoms with Crippen molar-refractivity contribution >= 4 is 28.8 Å². The summed E-state index contributed by atoms with van der Waals surface area (Å²) in [6, 6.07) is 8.14. The number of rotatable bonds is 3. The molecule has 1 aromatic carbocycles. The van der Waals surface area contributed by atoms with E-state index in [4.69, 9.17) is 0 Å². The minimum absolute atomic E-state index is 0.0652. The number of hydrogen-bond acceptors (Lipinski definition) is 4. The topological polar surface area (TPSA) is 40.9 Å². The summed E-state index contributed by atoms with van der Waals surface area (Å²) in [4.78, 5) is 22.4. The van der Waals surface area contributed by atoms with Gasteiger partial charge < -0.3 is 14.2 Å². The van der Waals surface area contributed by atoms with Crippen LogP contribution in [0.1, 0.15) is 54.0 Å². The molecule has 3 aromatic rings. The number of aryl methyl sites for hydroxylation is 1. The molecule has 1 saturated carbocycles. The monoisotopic (exact) mass is 444 g/mol. The van der Waals surface area contributed by atoms with Gasteiger partial charge in [-0.1, -0.05) is 6.07 Å². The Labute approximate surface area is 193 Å². The Morgan fingerprint density at radius 1 is 1.03 bits per heavy atom. The molecule has 5 nitrogen and oxygen atoms in total. The van der Waals surface area contributed by atoms with Crippen molar-refractivity contribution in [3.8, 4) is 0 Å². The van der Waals surface area contributed by atoms with Crippen LogP contribution < -0.4 is 4.90 Å². The van der Waals surface area contributed by atoms with E-state index in [1.54, 1.807) is 16.7 Å². The first-order valence-electron chi connectivity index (χ1n) is 12.0. The van der Waals surface area contributed by atoms with Crippen LogP contribution in [0.2, 0.25) is 0 Å². The molecule has 170 valence electrons. The number of allylic oxidation sites excluding steroid dienone is 1. The fourth-order valence-electron chi connectivity index (χ4n) is 5.13. The summed E-state index contributed by atoms with van der Waals surface area (Å²) in [6.07, 6.45) is 10.3. The minimum Gasteiger partial charge on any atom is -0.370 e. The van der Waals surface area contributed by atoms with Crippen LogP contribution in [0.15, 0.2) is 36.7 Å². The third kappa shape index (κ3) is 3.97. The number of imidazole rings is 1. The number of Topliss-reactive ketones (excluding diaryl/α,β-unsaturated/α-hetero) is 1. The molecule has 0 unspecified atom stereocenters. The minimum atomic E-state index is -0.319. The number of pyridine rings is 1. The zero-order chi connectivity index (χ0) is 22.5. The number of nitrogens with zero attached hydrogens (tertiary/aromatic N) is 4. The lowest BCUT2D eigenvalue weighted by Crippen LogP contribution is -2.28. The summed E-state index contributed by atoms with van der Waals surface area (Å²) >= 11 is 0. The van der Waals surface area contributed by atoms with Gasteiger partial charge in [0.25, 0.3) is 0 Å². The molecular formula is C27H29FN4O. The molecular weight excluding hydrogens is 415 g/mol. The highest BCUT2D eigenvalue weighted by Gasteiger charge is 2.26. The van der Waals surface area contributed by atoms with Gasteiger partial charge in [0.15, 0.2) is 17.2 Å². The van der Waals surface area contributed by atoms with Gasteiger partial charge >= 0.3 is 0 Å². The Bertz CT molecular complexity index is 1270. The van der Waals surface area contributed by atoms with Crippen LogP contribution in [0.25, 0.3) is 17.3 Å². The van der Waals surface area contributed by atoms with Crippen molar-refractivity contribution in [1.82, 2.24) is 14.3 Å². The predicted molar refractivity (Wildman–Crippen MR) is 129 cm³/mol. The summed E-state index contributed by atoms with van der Waals surface area (Å²) in [7, 11) is 2.18. The molecule has 0 atom stereocenters. The standard InChI is InChI=1S/C27H29FN4O/c1-30-9-2-10-31(12-11-30)22-7-5-20-14-23(26(33)8-6-19(20)13-22)25-17-32-16-21(18-3-4-18)15-24(28)27(32)29-25/h5,7,13-18H,2-4,6,8-12H2,1H3. The van der Waals surface area contributed by atoms with E-state index in [2.05, 4.69) is 40.0 Å². The van der Waals surface area contributed by atoms with Gasteiger partial charge in [-0.15, -0.1) is 0 Å². The van der Waals surface area contributed by atoms with E-state index < -0.39 is 0 Å². The second-order valence-corrected chi connectivity index (χ2v) is 9.76. The lowest BCUT2D eigenvalue weighted by molar-refractivity contribution is -0.113. The highest BCUT2D eigenvalue weighted by Crippen LogP contribution is 2.40. The number of anilines is 1. The first-order valence-corrected chi connectivity index (χ1v) is 12.0. The van der Waals surface area contributed by atoms with E-state index in [-0.39, 0.29) is 17.2 Å². The molecule has 6 rings (SSSR count). The lowest BCUT2D eigenvalue weighted by atomic mass is 10.0. The predicted octanol–water partition coefficient (Wildman–Crippen LogP) is 4.55. The number of ketones is 1. The van der Waals surface area contributed by atoms with Gasteiger partial charge in [-0.3, -0.25) is 4.79 Å². The van der Waals surface area contributed by atoms with E-state index >= 15 is 0 Å². The van der Waals surface area contributed by atoms with Gasteiger partial charge in [0.05, 0.1) is 5.69 Å². The largest absolute Gasteiger partial charge is 0.370 e. The average Bonchev–Trinajstić information content (AvgIpc) is 3.61. The summed E-state index contributed by atoms with van der Waals surface area (Å²) in [5.41, 5.74) is 5.92. The van der Waals surface area contributed by atoms with E-state index in [0.717, 1.165) is 56.6 Å². The fraction of sp³-hybridized carbons (Fsp3) is 0.407. The van der Waals surface area contributed by atoms with Crippen molar-refractivity contribution < 1.29 is 9.18 Å². The maximum Gasteiger partial charge on any atom is 0.173 e. The summed E-state index contributed by atoms with van der Waals surface area (Å²) in [5, 5.41) is 0. The van der Waals surface area contributed by atoms with Crippen molar-refractivity contribution in [3.63, 3.8) is 0 Å². The molecule has 0 radical (unpaired) electrons. The van der Waals surface area contributed by atoms with Crippen LogP contribution in [0.3, 0.4) is 0 Å². The quantitative estimate of drug-likeness (QED) is 0.594. The van der Waals surface area contributed by atoms with Gasteiger partial charge in [0.2, 0.25) is 0 Å². The molecule has 3 aliphatic rings. The van der Waals surface area contributed by atoms with Gasteiger partial charge in [0, 0.05) is 49.7 Å². The molecule has 0 amide bonds. The van der Waals surface area contributed by atoms with E-state index in [9.17, 15) is 9.18 Å². The van der Waals surface area contributed by atoms with Crippen molar-refractivity contribution in [3.05, 3.63) is 64.9 Å². The SMILES string of the molecule is CN1CCCN(c2ccc3c(c2)CCC(=O)C(c2cn4cc(C5CC5)cc(F)c4n2)=C3)CC1. The van der Waals surface area contributed by atoms with Crippen LogP contribution in [0.4, 0.5) is 10.1 Å². The maximum absolute atomic E-state index is 14.7. The number of hydrogen-bond donors (Lipinski definition) is 0. The molecule has 0 N–H and O–H groups in total. The molecule has 0 spiro atoms. The van der Waals surface area contributed by atoms with Crippen LogP contribution in [-0.2, 0) is 11.2 Å². The summed E-state index contributed by atoms with van der Waals surface area (Å²) in [6.45, 7) is 4.26. The van der Waals surface area contributed by atoms with Crippen LogP contribution in [0.5, 0.6) is 0 Å². The molecule has 2 fully saturated rings. The smallest absolute Gasteiger partial charge is 0.173 e. The number of halogens is 1. The summed E-state index contributed by atoms with van der Waals surface area (Å²) < 4.78 is 16.5. The Morgan fingerprint density at radius 3 is 2.76 bits per heavy atom. The Balaban J connectivity index is 1.35. The zero-order valence-electron chi connectivity index (χ0n) is 19.1. The number of likely N-dealkylation sites (N-methyl/N-ethyl adjacent to an activating group) is 1. The lowest BCUT2D eigenvalue weighted by Gasteiger charge is -2.24. The molecule has 1 aliphatic heterocycles. The number of carbonyl (C=O) groups is 1. The van der Waals surface area contributed by atoms with Crippen LogP contribution in [0, 0.1) is 5.82 Å². The molecule has 3 heterocycles. The maximum atomic E-state index is 14.7. The van der Waals surface area contributed by atoms with Gasteiger partial charge in [-0.05, 0) is 86.2 Å². The molecule has 33 heavy (non-hydrogen) atoms. The fourth-order valence-corrected chi connectivity index (χ4v) is 5.13. The number of benzene rings is 1. The average molecular weight is 445 g/mol. The van der Waals surface area contributed by atoms with Gasteiger partial charge in [0.1, 0.15) is 0 Å². The van der Waals surface area contributed by atoms with Gasteiger partial charge in [-0.2, -0.15) is 0 Å². The Kier molecular flexibility index (Phi) is 5.06. The molecule has 6 heteroatoms. The first-order chi connectivity index (χ1) is 16.0. The highest BCUT2D eigenvalue weighted by molar-refractivity contribution is 6.25. The highest BCUT2D eigenvalue weighted by atomic mass is 19.1. The number of aromatic nitrogens is 2. The van der Waals surface area contributed by atoms with Crippen molar-refractivity contribution in [2.24, 2.45) is 0 Å². The first kappa shape index (κ1) is 20.6. The molecule has 2 aromatic heterocycles. The zero-order valence-corrected chi connectivity index (χ0v) is 19.1. The normalized spacial score (nSPS) is 19.9. The molecule has 2 aliphatic carbocycles. The van der Waals surface area contributed by atoms with E-state index in [1.807, 2.05) is 12.3 Å². The Morgan fingerprint density at radius 2 is 1.91 bits per heavy atom. The van der Waals surface area contributed by atoms with Crippen molar-refractivity contribution in [2.75, 3.05) is 38.1 Å². The van der Waals surface area contributed by atoms with E-state index in [1.165, 1.54) is 11.3 Å². The third-order valence-corrected chi connectivity index (χ3v) is 7.29.